The Bertz CT molecular complexity index is 1010. The molecule has 0 fully saturated rings. The maximum atomic E-state index is 13.7. The van der Waals surface area contributed by atoms with Crippen molar-refractivity contribution in [3.63, 3.8) is 0 Å². The number of benzene rings is 3. The van der Waals surface area contributed by atoms with Gasteiger partial charge in [0.2, 0.25) is 0 Å². The molecule has 3 N–H and O–H groups in total. The minimum atomic E-state index is -0.609. The zero-order chi connectivity index (χ0) is 20.1. The van der Waals surface area contributed by atoms with Crippen molar-refractivity contribution >= 4 is 41.8 Å². The summed E-state index contributed by atoms with van der Waals surface area (Å²) in [6.45, 7) is 0. The zero-order valence-corrected chi connectivity index (χ0v) is 15.4. The lowest BCUT2D eigenvalue weighted by molar-refractivity contribution is 0.102. The fraction of sp³-hybridized carbons (Fsp3) is 0. The Morgan fingerprint density at radius 1 is 0.893 bits per heavy atom. The highest BCUT2D eigenvalue weighted by Crippen LogP contribution is 2.22. The number of carbonyl (C=O) groups excluding carboxylic acids is 2. The molecule has 28 heavy (non-hydrogen) atoms. The number of hydrogen-bond acceptors (Lipinski definition) is 4. The molecule has 0 unspecified atom stereocenters. The minimum absolute atomic E-state index is 0.0264. The summed E-state index contributed by atoms with van der Waals surface area (Å²) in [5, 5.41) is 14.6. The van der Waals surface area contributed by atoms with Gasteiger partial charge in [0.25, 0.3) is 5.91 Å². The summed E-state index contributed by atoms with van der Waals surface area (Å²) >= 11 is 4.17. The van der Waals surface area contributed by atoms with Gasteiger partial charge in [0.15, 0.2) is 0 Å². The van der Waals surface area contributed by atoms with E-state index in [4.69, 9.17) is 0 Å². The molecule has 0 radical (unpaired) electrons. The molecular formula is C20H16FN3O3S. The molecule has 0 aliphatic carbocycles. The number of phenols is 1. The van der Waals surface area contributed by atoms with E-state index in [2.05, 4.69) is 23.4 Å². The molecule has 0 saturated carbocycles. The molecule has 0 spiro atoms. The molecule has 0 aliphatic rings. The van der Waals surface area contributed by atoms with Crippen LogP contribution in [-0.2, 0) is 0 Å². The largest absolute Gasteiger partial charge is 0.508 e. The third-order valence-electron chi connectivity index (χ3n) is 3.78. The molecule has 142 valence electrons. The van der Waals surface area contributed by atoms with Gasteiger partial charge in [-0.15, -0.1) is 0 Å². The number of urea groups is 1. The van der Waals surface area contributed by atoms with Crippen LogP contribution in [0.15, 0.2) is 72.8 Å². The smallest absolute Gasteiger partial charge is 0.336 e. The number of amides is 3. The lowest BCUT2D eigenvalue weighted by atomic mass is 10.2. The van der Waals surface area contributed by atoms with Crippen molar-refractivity contribution in [2.24, 2.45) is 0 Å². The van der Waals surface area contributed by atoms with Crippen LogP contribution in [-0.4, -0.2) is 17.0 Å². The maximum absolute atomic E-state index is 13.7. The SMILES string of the molecule is O=C(Nc1ccc(N(S)C(=O)Nc2cccc(O)c2)cc1)c1ccccc1F. The van der Waals surface area contributed by atoms with Gasteiger partial charge in [-0.25, -0.2) is 13.5 Å². The van der Waals surface area contributed by atoms with E-state index in [1.54, 1.807) is 42.5 Å². The van der Waals surface area contributed by atoms with E-state index >= 15 is 0 Å². The third kappa shape index (κ3) is 4.60. The first-order chi connectivity index (χ1) is 13.4. The third-order valence-corrected chi connectivity index (χ3v) is 4.19. The zero-order valence-electron chi connectivity index (χ0n) is 14.5. The number of aromatic hydroxyl groups is 1. The molecule has 3 rings (SSSR count). The average Bonchev–Trinajstić information content (AvgIpc) is 2.68. The highest BCUT2D eigenvalue weighted by atomic mass is 32.1. The molecule has 3 aromatic rings. The van der Waals surface area contributed by atoms with Crippen LogP contribution in [0.25, 0.3) is 0 Å². The minimum Gasteiger partial charge on any atom is -0.508 e. The molecule has 6 nitrogen and oxygen atoms in total. The van der Waals surface area contributed by atoms with E-state index in [-0.39, 0.29) is 11.3 Å². The number of thiol groups is 1. The van der Waals surface area contributed by atoms with Crippen molar-refractivity contribution in [2.75, 3.05) is 14.9 Å². The van der Waals surface area contributed by atoms with Crippen molar-refractivity contribution in [3.8, 4) is 5.75 Å². The first kappa shape index (κ1) is 19.2. The van der Waals surface area contributed by atoms with Gasteiger partial charge < -0.3 is 15.7 Å². The molecule has 3 aromatic carbocycles. The number of phenolic OH excluding ortho intramolecular Hbond substituents is 1. The number of hydrogen-bond donors (Lipinski definition) is 4. The van der Waals surface area contributed by atoms with Crippen molar-refractivity contribution in [1.82, 2.24) is 0 Å². The predicted octanol–water partition coefficient (Wildman–Crippen LogP) is 4.67. The molecule has 0 aromatic heterocycles. The lowest BCUT2D eigenvalue weighted by Crippen LogP contribution is -2.26. The van der Waals surface area contributed by atoms with Gasteiger partial charge in [0, 0.05) is 17.4 Å². The van der Waals surface area contributed by atoms with Crippen LogP contribution in [0.1, 0.15) is 10.4 Å². The number of nitrogens with one attached hydrogen (secondary N) is 2. The topological polar surface area (TPSA) is 81.7 Å². The maximum Gasteiger partial charge on any atom is 0.336 e. The van der Waals surface area contributed by atoms with Gasteiger partial charge in [-0.3, -0.25) is 4.79 Å². The lowest BCUT2D eigenvalue weighted by Gasteiger charge is -2.17. The summed E-state index contributed by atoms with van der Waals surface area (Å²) in [7, 11) is 0. The second-order valence-electron chi connectivity index (χ2n) is 5.77. The van der Waals surface area contributed by atoms with E-state index in [1.165, 1.54) is 30.3 Å². The van der Waals surface area contributed by atoms with Crippen LogP contribution < -0.4 is 14.9 Å². The normalized spacial score (nSPS) is 10.2. The van der Waals surface area contributed by atoms with Gasteiger partial charge >= 0.3 is 6.03 Å². The van der Waals surface area contributed by atoms with Crippen LogP contribution in [0.5, 0.6) is 5.75 Å². The van der Waals surface area contributed by atoms with Crippen LogP contribution >= 0.6 is 12.8 Å². The summed E-state index contributed by atoms with van der Waals surface area (Å²) < 4.78 is 14.7. The summed E-state index contributed by atoms with van der Waals surface area (Å²) in [6.07, 6.45) is 0. The fourth-order valence-electron chi connectivity index (χ4n) is 2.41. The second-order valence-corrected chi connectivity index (χ2v) is 6.17. The Hall–Kier alpha value is -3.52. The van der Waals surface area contributed by atoms with Gasteiger partial charge in [-0.2, -0.15) is 0 Å². The monoisotopic (exact) mass is 397 g/mol. The molecular weight excluding hydrogens is 381 g/mol. The Kier molecular flexibility index (Phi) is 5.81. The summed E-state index contributed by atoms with van der Waals surface area (Å²) in [4.78, 5) is 24.4. The van der Waals surface area contributed by atoms with Crippen LogP contribution in [0.3, 0.4) is 0 Å². The fourth-order valence-corrected chi connectivity index (χ4v) is 2.59. The van der Waals surface area contributed by atoms with Crippen LogP contribution in [0, 0.1) is 5.82 Å². The predicted molar refractivity (Wildman–Crippen MR) is 109 cm³/mol. The van der Waals surface area contributed by atoms with Crippen molar-refractivity contribution in [2.45, 2.75) is 0 Å². The van der Waals surface area contributed by atoms with E-state index in [1.807, 2.05) is 0 Å². The van der Waals surface area contributed by atoms with E-state index in [0.717, 1.165) is 4.31 Å². The summed E-state index contributed by atoms with van der Waals surface area (Å²) in [6, 6.07) is 17.6. The number of carbonyl (C=O) groups is 2. The van der Waals surface area contributed by atoms with Crippen LogP contribution in [0.4, 0.5) is 26.2 Å². The Balaban J connectivity index is 1.65. The molecule has 0 bridgehead atoms. The first-order valence-corrected chi connectivity index (χ1v) is 8.59. The molecule has 0 atom stereocenters. The molecule has 0 aliphatic heterocycles. The standard InChI is InChI=1S/C20H16FN3O3S/c21-18-7-2-1-6-17(18)19(26)22-13-8-10-15(11-9-13)24(28)20(27)23-14-4-3-5-16(25)12-14/h1-12,25,28H,(H,22,26)(H,23,27). The summed E-state index contributed by atoms with van der Waals surface area (Å²) in [5.74, 6) is -1.16. The molecule has 0 heterocycles. The van der Waals surface area contributed by atoms with Gasteiger partial charge in [-0.05, 0) is 48.5 Å². The molecule has 0 saturated heterocycles. The van der Waals surface area contributed by atoms with Crippen LogP contribution in [0.2, 0.25) is 0 Å². The quantitative estimate of drug-likeness (QED) is 0.483. The first-order valence-electron chi connectivity index (χ1n) is 8.19. The number of rotatable bonds is 4. The molecule has 8 heteroatoms. The Morgan fingerprint density at radius 3 is 2.29 bits per heavy atom. The highest BCUT2D eigenvalue weighted by molar-refractivity contribution is 7.82. The highest BCUT2D eigenvalue weighted by Gasteiger charge is 2.14. The van der Waals surface area contributed by atoms with Gasteiger partial charge in [-0.1, -0.05) is 31.0 Å². The van der Waals surface area contributed by atoms with Gasteiger partial charge in [0.1, 0.15) is 11.6 Å². The number of anilines is 3. The average molecular weight is 397 g/mol. The second kappa shape index (κ2) is 8.45. The van der Waals surface area contributed by atoms with E-state index < -0.39 is 17.8 Å². The van der Waals surface area contributed by atoms with Gasteiger partial charge in [0.05, 0.1) is 11.3 Å². The van der Waals surface area contributed by atoms with E-state index in [9.17, 15) is 19.1 Å². The van der Waals surface area contributed by atoms with Crippen molar-refractivity contribution < 1.29 is 19.1 Å². The van der Waals surface area contributed by atoms with Crippen molar-refractivity contribution in [3.05, 3.63) is 84.2 Å². The molecule has 3 amide bonds. The van der Waals surface area contributed by atoms with Crippen molar-refractivity contribution in [1.29, 1.82) is 0 Å². The summed E-state index contributed by atoms with van der Waals surface area (Å²) in [5.41, 5.74) is 1.24. The Labute approximate surface area is 166 Å². The number of nitrogens with zero attached hydrogens (tertiary/aromatic N) is 1. The number of halogens is 1. The van der Waals surface area contributed by atoms with E-state index in [0.29, 0.717) is 17.1 Å². The Morgan fingerprint density at radius 2 is 1.61 bits per heavy atom.